The monoisotopic (exact) mass is 504 g/mol. The van der Waals surface area contributed by atoms with Gasteiger partial charge in [0.1, 0.15) is 35.6 Å². The molecule has 0 atom stereocenters. The molecule has 0 saturated heterocycles. The van der Waals surface area contributed by atoms with Gasteiger partial charge < -0.3 is 20.1 Å². The second-order valence-electron chi connectivity index (χ2n) is 7.98. The van der Waals surface area contributed by atoms with Crippen LogP contribution in [0.2, 0.25) is 0 Å². The Morgan fingerprint density at radius 1 is 1.20 bits per heavy atom. The van der Waals surface area contributed by atoms with Gasteiger partial charge in [0.25, 0.3) is 5.91 Å². The Kier molecular flexibility index (Phi) is 9.39. The van der Waals surface area contributed by atoms with Gasteiger partial charge in [-0.05, 0) is 36.1 Å². The van der Waals surface area contributed by atoms with Crippen molar-refractivity contribution in [2.24, 2.45) is 0 Å². The summed E-state index contributed by atoms with van der Waals surface area (Å²) in [5.41, 5.74) is 2.78. The van der Waals surface area contributed by atoms with E-state index in [-0.39, 0.29) is 35.9 Å². The highest BCUT2D eigenvalue weighted by Crippen LogP contribution is 2.29. The number of ether oxygens (including phenoxy) is 1. The molecule has 2 aromatic carbocycles. The number of hydrogen-bond acceptors (Lipinski definition) is 4. The molecule has 35 heavy (non-hydrogen) atoms. The number of rotatable bonds is 10. The first kappa shape index (κ1) is 26.4. The van der Waals surface area contributed by atoms with Crippen LogP contribution >= 0.6 is 11.6 Å². The number of nitrogens with one attached hydrogen (secondary N) is 1. The molecule has 0 saturated carbocycles. The first-order valence-electron chi connectivity index (χ1n) is 11.2. The third kappa shape index (κ3) is 7.13. The molecule has 186 valence electrons. The van der Waals surface area contributed by atoms with Gasteiger partial charge in [-0.15, -0.1) is 0 Å². The first-order valence-corrected chi connectivity index (χ1v) is 11.6. The van der Waals surface area contributed by atoms with Crippen LogP contribution in [0, 0.1) is 11.6 Å². The predicted octanol–water partition coefficient (Wildman–Crippen LogP) is 4.31. The fourth-order valence-electron chi connectivity index (χ4n) is 3.68. The fourth-order valence-corrected chi connectivity index (χ4v) is 3.91. The lowest BCUT2D eigenvalue weighted by Crippen LogP contribution is -2.30. The largest absolute Gasteiger partial charge is 0.491 e. The molecule has 2 N–H and O–H groups in total. The minimum absolute atomic E-state index is 0.0879. The number of nitrogens with zero attached hydrogens (tertiary/aromatic N) is 1. The summed E-state index contributed by atoms with van der Waals surface area (Å²) >= 11 is 6.41. The van der Waals surface area contributed by atoms with E-state index in [9.17, 15) is 18.4 Å². The van der Waals surface area contributed by atoms with Crippen LogP contribution in [-0.4, -0.2) is 35.0 Å². The molecule has 0 unspecified atom stereocenters. The van der Waals surface area contributed by atoms with Crippen molar-refractivity contribution in [2.75, 3.05) is 13.2 Å². The zero-order valence-electron chi connectivity index (χ0n) is 19.3. The van der Waals surface area contributed by atoms with E-state index in [0.29, 0.717) is 19.4 Å². The summed E-state index contributed by atoms with van der Waals surface area (Å²) in [5.74, 6) is -2.05. The van der Waals surface area contributed by atoms with Gasteiger partial charge in [0.2, 0.25) is 5.91 Å². The van der Waals surface area contributed by atoms with Crippen LogP contribution in [0.3, 0.4) is 0 Å². The Labute approximate surface area is 207 Å². The van der Waals surface area contributed by atoms with Crippen LogP contribution < -0.4 is 5.32 Å². The number of aliphatic hydroxyl groups excluding tert-OH is 1. The number of aliphatic hydroxyl groups is 1. The van der Waals surface area contributed by atoms with Crippen LogP contribution in [0.25, 0.3) is 0 Å². The molecule has 0 aliphatic carbocycles. The first-order chi connectivity index (χ1) is 16.8. The smallest absolute Gasteiger partial charge is 0.273 e. The SMILES string of the molecule is CCC1=CCC(OCc2ccc(F)cc2F)=C(Cl)C(=O)N1Cc1cccc(CCNC(=O)CO)c1. The number of halogens is 3. The van der Waals surface area contributed by atoms with E-state index in [1.54, 1.807) is 4.90 Å². The van der Waals surface area contributed by atoms with Crippen LogP contribution in [0.4, 0.5) is 8.78 Å². The van der Waals surface area contributed by atoms with Crippen molar-refractivity contribution >= 4 is 23.4 Å². The number of hydrogen-bond donors (Lipinski definition) is 2. The van der Waals surface area contributed by atoms with E-state index >= 15 is 0 Å². The Hall–Kier alpha value is -3.23. The summed E-state index contributed by atoms with van der Waals surface area (Å²) in [6, 6.07) is 10.8. The minimum Gasteiger partial charge on any atom is -0.491 e. The van der Waals surface area contributed by atoms with Gasteiger partial charge in [-0.2, -0.15) is 0 Å². The molecular formula is C26H27ClF2N2O4. The zero-order valence-corrected chi connectivity index (χ0v) is 20.1. The maximum absolute atomic E-state index is 14.0. The van der Waals surface area contributed by atoms with Crippen molar-refractivity contribution in [2.45, 2.75) is 39.3 Å². The van der Waals surface area contributed by atoms with Gasteiger partial charge in [0.05, 0.1) is 6.54 Å². The number of allylic oxidation sites excluding steroid dienone is 2. The van der Waals surface area contributed by atoms with Gasteiger partial charge in [0.15, 0.2) is 0 Å². The van der Waals surface area contributed by atoms with E-state index in [1.165, 1.54) is 6.07 Å². The molecule has 0 fully saturated rings. The van der Waals surface area contributed by atoms with E-state index < -0.39 is 30.1 Å². The summed E-state index contributed by atoms with van der Waals surface area (Å²) in [5, 5.41) is 11.3. The number of carbonyl (C=O) groups excluding carboxylic acids is 2. The number of carbonyl (C=O) groups is 2. The van der Waals surface area contributed by atoms with E-state index in [1.807, 2.05) is 37.3 Å². The summed E-state index contributed by atoms with van der Waals surface area (Å²) in [6.07, 6.45) is 3.28. The van der Waals surface area contributed by atoms with E-state index in [0.717, 1.165) is 29.0 Å². The maximum Gasteiger partial charge on any atom is 0.273 e. The maximum atomic E-state index is 14.0. The second kappa shape index (κ2) is 12.5. The lowest BCUT2D eigenvalue weighted by molar-refractivity contribution is -0.125. The molecule has 2 aromatic rings. The summed E-state index contributed by atoms with van der Waals surface area (Å²) in [4.78, 5) is 26.0. The normalized spacial score (nSPS) is 14.0. The van der Waals surface area contributed by atoms with Crippen molar-refractivity contribution in [3.63, 3.8) is 0 Å². The molecule has 6 nitrogen and oxygen atoms in total. The lowest BCUT2D eigenvalue weighted by Gasteiger charge is -2.24. The Morgan fingerprint density at radius 2 is 1.97 bits per heavy atom. The highest BCUT2D eigenvalue weighted by atomic mass is 35.5. The van der Waals surface area contributed by atoms with E-state index in [2.05, 4.69) is 5.32 Å². The quantitative estimate of drug-likeness (QED) is 0.505. The Morgan fingerprint density at radius 3 is 2.69 bits per heavy atom. The highest BCUT2D eigenvalue weighted by Gasteiger charge is 2.27. The van der Waals surface area contributed by atoms with Gasteiger partial charge in [0, 0.05) is 30.3 Å². The Bertz CT molecular complexity index is 1150. The van der Waals surface area contributed by atoms with Gasteiger partial charge >= 0.3 is 0 Å². The molecule has 1 aliphatic rings. The fraction of sp³-hybridized carbons (Fsp3) is 0.308. The second-order valence-corrected chi connectivity index (χ2v) is 8.36. The molecule has 0 spiro atoms. The van der Waals surface area contributed by atoms with Crippen molar-refractivity contribution in [1.29, 1.82) is 0 Å². The summed E-state index contributed by atoms with van der Waals surface area (Å²) in [6.45, 7) is 1.86. The number of amides is 2. The van der Waals surface area contributed by atoms with Crippen molar-refractivity contribution in [3.05, 3.63) is 93.4 Å². The molecule has 2 amide bonds. The van der Waals surface area contributed by atoms with Crippen molar-refractivity contribution in [1.82, 2.24) is 10.2 Å². The molecule has 3 rings (SSSR count). The molecule has 9 heteroatoms. The molecule has 0 bridgehead atoms. The van der Waals surface area contributed by atoms with Crippen LogP contribution in [0.5, 0.6) is 0 Å². The number of benzene rings is 2. The molecule has 0 aromatic heterocycles. The standard InChI is InChI=1S/C26H27ClF2N2O4/c1-2-21-8-9-23(35-16-19-6-7-20(28)13-22(19)29)25(27)26(34)31(21)14-18-5-3-4-17(12-18)10-11-30-24(33)15-32/h3-8,12-13,32H,2,9-11,14-16H2,1H3,(H,30,33). The van der Waals surface area contributed by atoms with Crippen molar-refractivity contribution < 1.29 is 28.2 Å². The predicted molar refractivity (Wildman–Crippen MR) is 128 cm³/mol. The van der Waals surface area contributed by atoms with Crippen LogP contribution in [0.1, 0.15) is 36.5 Å². The topological polar surface area (TPSA) is 78.9 Å². The molecule has 1 aliphatic heterocycles. The zero-order chi connectivity index (χ0) is 25.4. The third-order valence-corrected chi connectivity index (χ3v) is 5.91. The summed E-state index contributed by atoms with van der Waals surface area (Å²) < 4.78 is 32.8. The van der Waals surface area contributed by atoms with Gasteiger partial charge in [-0.1, -0.05) is 48.9 Å². The van der Waals surface area contributed by atoms with Crippen molar-refractivity contribution in [3.8, 4) is 0 Å². The Balaban J connectivity index is 1.73. The third-order valence-electron chi connectivity index (χ3n) is 5.54. The van der Waals surface area contributed by atoms with Gasteiger partial charge in [-0.3, -0.25) is 9.59 Å². The molecular weight excluding hydrogens is 478 g/mol. The van der Waals surface area contributed by atoms with Gasteiger partial charge in [-0.25, -0.2) is 8.78 Å². The molecule has 0 radical (unpaired) electrons. The van der Waals surface area contributed by atoms with Crippen LogP contribution in [0.15, 0.2) is 65.0 Å². The van der Waals surface area contributed by atoms with Crippen LogP contribution in [-0.2, 0) is 33.9 Å². The highest BCUT2D eigenvalue weighted by molar-refractivity contribution is 6.42. The summed E-state index contributed by atoms with van der Waals surface area (Å²) in [7, 11) is 0. The average molecular weight is 505 g/mol. The lowest BCUT2D eigenvalue weighted by atomic mass is 10.1. The average Bonchev–Trinajstić information content (AvgIpc) is 2.95. The van der Waals surface area contributed by atoms with E-state index in [4.69, 9.17) is 21.4 Å². The minimum atomic E-state index is -0.733. The molecule has 1 heterocycles.